The summed E-state index contributed by atoms with van der Waals surface area (Å²) in [6, 6.07) is 7.16. The largest absolute Gasteiger partial charge is 0.497 e. The molecular weight excluding hydrogens is 234 g/mol. The Bertz CT molecular complexity index is 520. The highest BCUT2D eigenvalue weighted by molar-refractivity contribution is 8.13. The Balaban J connectivity index is 2.88. The van der Waals surface area contributed by atoms with Gasteiger partial charge < -0.3 is 4.74 Å². The van der Waals surface area contributed by atoms with Crippen LogP contribution in [0.25, 0.3) is 0 Å². The smallest absolute Gasteiger partial charge is 0.186 e. The molecule has 3 nitrogen and oxygen atoms in total. The Kier molecular flexibility index (Phi) is 5.13. The molecule has 1 aromatic rings. The van der Waals surface area contributed by atoms with Crippen LogP contribution in [-0.4, -0.2) is 18.0 Å². The number of rotatable bonds is 2. The Labute approximate surface area is 105 Å². The van der Waals surface area contributed by atoms with E-state index in [1.165, 1.54) is 6.92 Å². The molecule has 4 heteroatoms. The first kappa shape index (κ1) is 13.2. The van der Waals surface area contributed by atoms with Crippen LogP contribution in [0, 0.1) is 23.2 Å². The van der Waals surface area contributed by atoms with Crippen LogP contribution < -0.4 is 4.74 Å². The summed E-state index contributed by atoms with van der Waals surface area (Å²) >= 11 is 1.15. The number of nitriles is 1. The maximum absolute atomic E-state index is 10.7. The molecule has 0 saturated heterocycles. The van der Waals surface area contributed by atoms with E-state index in [1.807, 2.05) is 0 Å². The molecule has 0 N–H and O–H groups in total. The third-order valence-corrected chi connectivity index (χ3v) is 2.61. The summed E-state index contributed by atoms with van der Waals surface area (Å²) in [5.41, 5.74) is 1.13. The average Bonchev–Trinajstić information content (AvgIpc) is 2.34. The fraction of sp³-hybridized carbons (Fsp3) is 0.231. The van der Waals surface area contributed by atoms with Crippen molar-refractivity contribution >= 4 is 16.9 Å². The maximum Gasteiger partial charge on any atom is 0.186 e. The van der Waals surface area contributed by atoms with Gasteiger partial charge in [-0.25, -0.2) is 0 Å². The molecule has 0 aliphatic carbocycles. The summed E-state index contributed by atoms with van der Waals surface area (Å²) in [5, 5.41) is 8.94. The van der Waals surface area contributed by atoms with Crippen LogP contribution in [0.4, 0.5) is 0 Å². The minimum Gasteiger partial charge on any atom is -0.497 e. The molecule has 0 radical (unpaired) electrons. The fourth-order valence-corrected chi connectivity index (χ4v) is 1.47. The van der Waals surface area contributed by atoms with Crippen LogP contribution in [0.2, 0.25) is 0 Å². The predicted molar refractivity (Wildman–Crippen MR) is 67.7 cm³/mol. The maximum atomic E-state index is 10.7. The highest BCUT2D eigenvalue weighted by Crippen LogP contribution is 2.16. The Morgan fingerprint density at radius 2 is 2.24 bits per heavy atom. The number of ether oxygens (including phenoxy) is 1. The number of carbonyl (C=O) groups excluding carboxylic acids is 1. The second kappa shape index (κ2) is 6.62. The first-order chi connectivity index (χ1) is 8.17. The van der Waals surface area contributed by atoms with Crippen LogP contribution in [0.15, 0.2) is 18.2 Å². The third-order valence-electron chi connectivity index (χ3n) is 1.92. The minimum atomic E-state index is 0.0328. The minimum absolute atomic E-state index is 0.0328. The van der Waals surface area contributed by atoms with E-state index in [0.29, 0.717) is 22.6 Å². The summed E-state index contributed by atoms with van der Waals surface area (Å²) in [6.45, 7) is 1.50. The molecular formula is C13H11NO2S. The number of methoxy groups -OCH3 is 1. The van der Waals surface area contributed by atoms with Gasteiger partial charge in [0.2, 0.25) is 0 Å². The number of thioether (sulfide) groups is 1. The molecule has 0 heterocycles. The van der Waals surface area contributed by atoms with Gasteiger partial charge in [-0.2, -0.15) is 5.26 Å². The van der Waals surface area contributed by atoms with Gasteiger partial charge in [0, 0.05) is 12.5 Å². The van der Waals surface area contributed by atoms with Crippen LogP contribution in [0.1, 0.15) is 18.1 Å². The normalized spacial score (nSPS) is 8.76. The van der Waals surface area contributed by atoms with Crippen molar-refractivity contribution in [2.45, 2.75) is 6.92 Å². The van der Waals surface area contributed by atoms with Gasteiger partial charge in [0.1, 0.15) is 11.8 Å². The molecule has 1 aromatic carbocycles. The predicted octanol–water partition coefficient (Wildman–Crippen LogP) is 2.20. The van der Waals surface area contributed by atoms with Gasteiger partial charge in [-0.3, -0.25) is 4.79 Å². The van der Waals surface area contributed by atoms with Crippen molar-refractivity contribution in [3.63, 3.8) is 0 Å². The lowest BCUT2D eigenvalue weighted by molar-refractivity contribution is -0.109. The SMILES string of the molecule is COc1ccc(C#N)c(C#CCSC(C)=O)c1. The van der Waals surface area contributed by atoms with Crippen molar-refractivity contribution in [2.24, 2.45) is 0 Å². The van der Waals surface area contributed by atoms with Crippen molar-refractivity contribution in [1.82, 2.24) is 0 Å². The van der Waals surface area contributed by atoms with Crippen LogP contribution >= 0.6 is 11.8 Å². The van der Waals surface area contributed by atoms with Crippen molar-refractivity contribution in [2.75, 3.05) is 12.9 Å². The number of hydrogen-bond donors (Lipinski definition) is 0. The van der Waals surface area contributed by atoms with E-state index in [1.54, 1.807) is 25.3 Å². The summed E-state index contributed by atoms with van der Waals surface area (Å²) in [5.74, 6) is 6.80. The Morgan fingerprint density at radius 3 is 2.82 bits per heavy atom. The summed E-state index contributed by atoms with van der Waals surface area (Å²) < 4.78 is 5.06. The number of nitrogens with zero attached hydrogens (tertiary/aromatic N) is 1. The number of benzene rings is 1. The molecule has 0 amide bonds. The van der Waals surface area contributed by atoms with Gasteiger partial charge in [-0.15, -0.1) is 0 Å². The van der Waals surface area contributed by atoms with Crippen molar-refractivity contribution in [3.8, 4) is 23.7 Å². The molecule has 0 aromatic heterocycles. The third kappa shape index (κ3) is 4.22. The van der Waals surface area contributed by atoms with Crippen molar-refractivity contribution in [1.29, 1.82) is 5.26 Å². The van der Waals surface area contributed by atoms with E-state index >= 15 is 0 Å². The van der Waals surface area contributed by atoms with E-state index < -0.39 is 0 Å². The first-order valence-electron chi connectivity index (χ1n) is 4.87. The van der Waals surface area contributed by atoms with E-state index in [9.17, 15) is 4.79 Å². The molecule has 86 valence electrons. The average molecular weight is 245 g/mol. The van der Waals surface area contributed by atoms with Crippen LogP contribution in [-0.2, 0) is 4.79 Å². The van der Waals surface area contributed by atoms with Gasteiger partial charge in [0.25, 0.3) is 0 Å². The van der Waals surface area contributed by atoms with Gasteiger partial charge in [-0.05, 0) is 18.2 Å². The number of hydrogen-bond acceptors (Lipinski definition) is 4. The van der Waals surface area contributed by atoms with Crippen molar-refractivity contribution < 1.29 is 9.53 Å². The zero-order valence-corrected chi connectivity index (χ0v) is 10.4. The van der Waals surface area contributed by atoms with Crippen LogP contribution in [0.3, 0.4) is 0 Å². The monoisotopic (exact) mass is 245 g/mol. The first-order valence-corrected chi connectivity index (χ1v) is 5.86. The highest BCUT2D eigenvalue weighted by Gasteiger charge is 2.00. The highest BCUT2D eigenvalue weighted by atomic mass is 32.2. The van der Waals surface area contributed by atoms with E-state index in [0.717, 1.165) is 11.8 Å². The molecule has 17 heavy (non-hydrogen) atoms. The Hall–Kier alpha value is -1.91. The van der Waals surface area contributed by atoms with Crippen molar-refractivity contribution in [3.05, 3.63) is 29.3 Å². The molecule has 0 spiro atoms. The zero-order valence-electron chi connectivity index (χ0n) is 9.61. The van der Waals surface area contributed by atoms with Gasteiger partial charge in [0.15, 0.2) is 5.12 Å². The molecule has 0 fully saturated rings. The van der Waals surface area contributed by atoms with Gasteiger partial charge in [0.05, 0.1) is 18.4 Å². The van der Waals surface area contributed by atoms with E-state index in [-0.39, 0.29) is 5.12 Å². The summed E-state index contributed by atoms with van der Waals surface area (Å²) in [7, 11) is 1.56. The number of carbonyl (C=O) groups is 1. The molecule has 0 saturated carbocycles. The zero-order chi connectivity index (χ0) is 12.7. The summed E-state index contributed by atoms with van der Waals surface area (Å²) in [4.78, 5) is 10.7. The topological polar surface area (TPSA) is 50.1 Å². The lowest BCUT2D eigenvalue weighted by Crippen LogP contribution is -1.88. The molecule has 0 aliphatic heterocycles. The molecule has 1 rings (SSSR count). The van der Waals surface area contributed by atoms with E-state index in [4.69, 9.17) is 10.00 Å². The van der Waals surface area contributed by atoms with E-state index in [2.05, 4.69) is 17.9 Å². The molecule has 0 unspecified atom stereocenters. The standard InChI is InChI=1S/C13H11NO2S/c1-10(15)17-7-3-4-11-8-13(16-2)6-5-12(11)9-14/h5-6,8H,7H2,1-2H3. The second-order valence-corrected chi connectivity index (χ2v) is 4.26. The second-order valence-electron chi connectivity index (χ2n) is 3.11. The van der Waals surface area contributed by atoms with Gasteiger partial charge >= 0.3 is 0 Å². The lowest BCUT2D eigenvalue weighted by atomic mass is 10.1. The van der Waals surface area contributed by atoms with Crippen LogP contribution in [0.5, 0.6) is 5.75 Å². The molecule has 0 aliphatic rings. The quantitative estimate of drug-likeness (QED) is 0.749. The summed E-state index contributed by atoms with van der Waals surface area (Å²) in [6.07, 6.45) is 0. The molecule has 0 bridgehead atoms. The lowest BCUT2D eigenvalue weighted by Gasteiger charge is -2.00. The Morgan fingerprint density at radius 1 is 1.47 bits per heavy atom. The molecule has 0 atom stereocenters. The fourth-order valence-electron chi connectivity index (χ4n) is 1.12. The van der Waals surface area contributed by atoms with Gasteiger partial charge in [-0.1, -0.05) is 23.6 Å².